The fourth-order valence-electron chi connectivity index (χ4n) is 1.40. The van der Waals surface area contributed by atoms with E-state index in [1.165, 1.54) is 6.42 Å². The number of hydrogen-bond acceptors (Lipinski definition) is 2. The van der Waals surface area contributed by atoms with Crippen molar-refractivity contribution >= 4 is 0 Å². The lowest BCUT2D eigenvalue weighted by Gasteiger charge is -2.19. The smallest absolute Gasteiger partial charge is 0.0529 e. The third kappa shape index (κ3) is 1.22. The van der Waals surface area contributed by atoms with Gasteiger partial charge in [-0.25, -0.2) is 0 Å². The highest BCUT2D eigenvalue weighted by Crippen LogP contribution is 2.16. The molecule has 0 saturated carbocycles. The minimum Gasteiger partial charge on any atom is -0.381 e. The molecule has 0 aromatic heterocycles. The van der Waals surface area contributed by atoms with Crippen molar-refractivity contribution < 1.29 is 4.74 Å². The SMILES string of the molecule is C(=C1CNC1)C1CCOC1. The summed E-state index contributed by atoms with van der Waals surface area (Å²) < 4.78 is 5.26. The first-order valence-corrected chi connectivity index (χ1v) is 3.93. The Balaban J connectivity index is 1.87. The van der Waals surface area contributed by atoms with Crippen LogP contribution < -0.4 is 5.32 Å². The molecule has 2 heteroatoms. The molecule has 0 aromatic rings. The lowest BCUT2D eigenvalue weighted by molar-refractivity contribution is 0.191. The van der Waals surface area contributed by atoms with Crippen molar-refractivity contribution in [2.45, 2.75) is 6.42 Å². The van der Waals surface area contributed by atoms with E-state index in [0.29, 0.717) is 0 Å². The number of rotatable bonds is 1. The van der Waals surface area contributed by atoms with E-state index in [1.807, 2.05) is 0 Å². The summed E-state index contributed by atoms with van der Waals surface area (Å²) >= 11 is 0. The first kappa shape index (κ1) is 6.38. The summed E-state index contributed by atoms with van der Waals surface area (Å²) in [6.45, 7) is 4.12. The molecule has 0 spiro atoms. The van der Waals surface area contributed by atoms with Crippen LogP contribution in [0.15, 0.2) is 11.6 Å². The van der Waals surface area contributed by atoms with Gasteiger partial charge in [-0.05, 0) is 12.0 Å². The highest BCUT2D eigenvalue weighted by Gasteiger charge is 2.15. The number of nitrogens with one attached hydrogen (secondary N) is 1. The second-order valence-corrected chi connectivity index (χ2v) is 3.05. The van der Waals surface area contributed by atoms with Crippen LogP contribution in [-0.2, 0) is 4.74 Å². The maximum atomic E-state index is 5.26. The molecule has 1 N–H and O–H groups in total. The summed E-state index contributed by atoms with van der Waals surface area (Å²) in [5.74, 6) is 0.720. The number of hydrogen-bond donors (Lipinski definition) is 1. The summed E-state index contributed by atoms with van der Waals surface area (Å²) in [5.41, 5.74) is 1.57. The van der Waals surface area contributed by atoms with Crippen molar-refractivity contribution in [3.8, 4) is 0 Å². The Morgan fingerprint density at radius 3 is 2.90 bits per heavy atom. The van der Waals surface area contributed by atoms with Crippen LogP contribution in [0.2, 0.25) is 0 Å². The lowest BCUT2D eigenvalue weighted by atomic mass is 10.0. The van der Waals surface area contributed by atoms with Crippen molar-refractivity contribution in [1.29, 1.82) is 0 Å². The Hall–Kier alpha value is -0.340. The minimum absolute atomic E-state index is 0.720. The number of ether oxygens (including phenoxy) is 1. The summed E-state index contributed by atoms with van der Waals surface area (Å²) in [4.78, 5) is 0. The molecule has 56 valence electrons. The Morgan fingerprint density at radius 2 is 2.40 bits per heavy atom. The largest absolute Gasteiger partial charge is 0.381 e. The Morgan fingerprint density at radius 1 is 1.50 bits per heavy atom. The normalized spacial score (nSPS) is 32.0. The van der Waals surface area contributed by atoms with E-state index in [2.05, 4.69) is 11.4 Å². The van der Waals surface area contributed by atoms with E-state index in [4.69, 9.17) is 4.74 Å². The van der Waals surface area contributed by atoms with Crippen molar-refractivity contribution in [1.82, 2.24) is 5.32 Å². The monoisotopic (exact) mass is 139 g/mol. The third-order valence-electron chi connectivity index (χ3n) is 2.14. The van der Waals surface area contributed by atoms with Crippen LogP contribution in [-0.4, -0.2) is 26.3 Å². The van der Waals surface area contributed by atoms with Crippen LogP contribution in [0, 0.1) is 5.92 Å². The molecular formula is C8H13NO. The summed E-state index contributed by atoms with van der Waals surface area (Å²) in [6, 6.07) is 0. The van der Waals surface area contributed by atoms with Gasteiger partial charge in [-0.1, -0.05) is 6.08 Å². The molecule has 0 bridgehead atoms. The Labute approximate surface area is 61.3 Å². The van der Waals surface area contributed by atoms with Gasteiger partial charge in [0.2, 0.25) is 0 Å². The molecule has 0 radical (unpaired) electrons. The minimum atomic E-state index is 0.720. The first-order chi connectivity index (χ1) is 4.95. The molecule has 1 unspecified atom stereocenters. The zero-order valence-electron chi connectivity index (χ0n) is 6.10. The van der Waals surface area contributed by atoms with Crippen LogP contribution in [0.1, 0.15) is 6.42 Å². The van der Waals surface area contributed by atoms with E-state index in [9.17, 15) is 0 Å². The van der Waals surface area contributed by atoms with Crippen molar-refractivity contribution in [2.24, 2.45) is 5.92 Å². The molecule has 2 heterocycles. The van der Waals surface area contributed by atoms with Crippen molar-refractivity contribution in [3.63, 3.8) is 0 Å². The Kier molecular flexibility index (Phi) is 1.74. The predicted octanol–water partition coefficient (Wildman–Crippen LogP) is 0.552. The molecule has 0 aliphatic carbocycles. The van der Waals surface area contributed by atoms with Gasteiger partial charge in [0.1, 0.15) is 0 Å². The molecule has 2 rings (SSSR count). The molecular weight excluding hydrogens is 126 g/mol. The topological polar surface area (TPSA) is 21.3 Å². The second kappa shape index (κ2) is 2.72. The molecule has 2 nitrogen and oxygen atoms in total. The van der Waals surface area contributed by atoms with Crippen LogP contribution in [0.25, 0.3) is 0 Å². The van der Waals surface area contributed by atoms with Gasteiger partial charge < -0.3 is 10.1 Å². The average Bonchev–Trinajstić information content (AvgIpc) is 2.29. The van der Waals surface area contributed by atoms with Crippen molar-refractivity contribution in [2.75, 3.05) is 26.3 Å². The van der Waals surface area contributed by atoms with Gasteiger partial charge in [-0.2, -0.15) is 0 Å². The lowest BCUT2D eigenvalue weighted by Crippen LogP contribution is -2.34. The molecule has 0 amide bonds. The zero-order chi connectivity index (χ0) is 6.81. The summed E-state index contributed by atoms with van der Waals surface area (Å²) in [5, 5.41) is 3.23. The average molecular weight is 139 g/mol. The van der Waals surface area contributed by atoms with Gasteiger partial charge >= 0.3 is 0 Å². The molecule has 0 aromatic carbocycles. The predicted molar refractivity (Wildman–Crippen MR) is 39.9 cm³/mol. The molecule has 2 saturated heterocycles. The van der Waals surface area contributed by atoms with Gasteiger partial charge in [0.05, 0.1) is 6.61 Å². The molecule has 2 fully saturated rings. The molecule has 2 aliphatic heterocycles. The van der Waals surface area contributed by atoms with E-state index in [-0.39, 0.29) is 0 Å². The quantitative estimate of drug-likeness (QED) is 0.536. The highest BCUT2D eigenvalue weighted by molar-refractivity contribution is 5.15. The van der Waals surface area contributed by atoms with E-state index in [1.54, 1.807) is 5.57 Å². The Bertz CT molecular complexity index is 141. The maximum absolute atomic E-state index is 5.26. The molecule has 2 aliphatic rings. The third-order valence-corrected chi connectivity index (χ3v) is 2.14. The van der Waals surface area contributed by atoms with Crippen LogP contribution in [0.3, 0.4) is 0 Å². The van der Waals surface area contributed by atoms with E-state index in [0.717, 1.165) is 32.2 Å². The van der Waals surface area contributed by atoms with Crippen LogP contribution >= 0.6 is 0 Å². The standard InChI is InChI=1S/C8H13NO/c1-2-10-6-7(1)3-8-4-9-5-8/h3,7,9H,1-2,4-6H2. The fourth-order valence-corrected chi connectivity index (χ4v) is 1.40. The fraction of sp³-hybridized carbons (Fsp3) is 0.750. The maximum Gasteiger partial charge on any atom is 0.0529 e. The van der Waals surface area contributed by atoms with Gasteiger partial charge in [-0.15, -0.1) is 0 Å². The van der Waals surface area contributed by atoms with Crippen LogP contribution in [0.5, 0.6) is 0 Å². The van der Waals surface area contributed by atoms with E-state index >= 15 is 0 Å². The summed E-state index contributed by atoms with van der Waals surface area (Å²) in [6.07, 6.45) is 3.60. The highest BCUT2D eigenvalue weighted by atomic mass is 16.5. The first-order valence-electron chi connectivity index (χ1n) is 3.93. The van der Waals surface area contributed by atoms with Gasteiger partial charge in [-0.3, -0.25) is 0 Å². The van der Waals surface area contributed by atoms with Gasteiger partial charge in [0, 0.05) is 25.6 Å². The van der Waals surface area contributed by atoms with E-state index < -0.39 is 0 Å². The van der Waals surface area contributed by atoms with Crippen molar-refractivity contribution in [3.05, 3.63) is 11.6 Å². The van der Waals surface area contributed by atoms with Gasteiger partial charge in [0.25, 0.3) is 0 Å². The van der Waals surface area contributed by atoms with Gasteiger partial charge in [0.15, 0.2) is 0 Å². The molecule has 1 atom stereocenters. The van der Waals surface area contributed by atoms with Crippen LogP contribution in [0.4, 0.5) is 0 Å². The molecule has 10 heavy (non-hydrogen) atoms. The second-order valence-electron chi connectivity index (χ2n) is 3.05. The zero-order valence-corrected chi connectivity index (χ0v) is 6.10. The summed E-state index contributed by atoms with van der Waals surface area (Å²) in [7, 11) is 0.